The number of carbonyl (C=O) groups is 2. The molecule has 0 aliphatic rings. The van der Waals surface area contributed by atoms with Crippen molar-refractivity contribution in [1.29, 1.82) is 0 Å². The minimum absolute atomic E-state index is 0.0712. The maximum Gasteiger partial charge on any atom is 0.255 e. The average molecular weight is 1150 g/mol. The smallest absolute Gasteiger partial charge is 0.255 e. The number of carbonyl (C=O) groups excluding carboxylic acids is 2. The van der Waals surface area contributed by atoms with Gasteiger partial charge >= 0.3 is 0 Å². The maximum absolute atomic E-state index is 13.6. The third kappa shape index (κ3) is 55.8. The van der Waals surface area contributed by atoms with E-state index in [0.29, 0.717) is 36.6 Å². The molecule has 0 atom stereocenters. The van der Waals surface area contributed by atoms with Gasteiger partial charge in [-0.15, -0.1) is 0 Å². The molecule has 1 aromatic rings. The van der Waals surface area contributed by atoms with Crippen molar-refractivity contribution in [3.05, 3.63) is 29.3 Å². The van der Waals surface area contributed by atoms with E-state index < -0.39 is 0 Å². The van der Waals surface area contributed by atoms with Crippen molar-refractivity contribution in [2.75, 3.05) is 19.7 Å². The van der Waals surface area contributed by atoms with Gasteiger partial charge in [-0.05, 0) is 37.5 Å². The first-order chi connectivity index (χ1) is 40.6. The Morgan fingerprint density at radius 1 is 0.268 bits per heavy atom. The van der Waals surface area contributed by atoms with Crippen molar-refractivity contribution in [3.63, 3.8) is 0 Å². The van der Waals surface area contributed by atoms with Crippen LogP contribution in [0.2, 0.25) is 0 Å². The van der Waals surface area contributed by atoms with Crippen molar-refractivity contribution < 1.29 is 14.3 Å². The van der Waals surface area contributed by atoms with Crippen molar-refractivity contribution in [1.82, 2.24) is 10.6 Å². The Kier molecular flexibility index (Phi) is 63.2. The Labute approximate surface area is 514 Å². The molecule has 0 aromatic heterocycles. The molecule has 0 aliphatic heterocycles. The van der Waals surface area contributed by atoms with Crippen LogP contribution in [0.3, 0.4) is 0 Å². The van der Waals surface area contributed by atoms with Crippen LogP contribution in [-0.2, 0) is 0 Å². The van der Waals surface area contributed by atoms with Crippen LogP contribution in [0.25, 0.3) is 0 Å². The van der Waals surface area contributed by atoms with E-state index in [2.05, 4.69) is 31.4 Å². The minimum atomic E-state index is -0.0900. The second-order valence-corrected chi connectivity index (χ2v) is 26.3. The van der Waals surface area contributed by atoms with Gasteiger partial charge in [0.15, 0.2) is 0 Å². The van der Waals surface area contributed by atoms with Gasteiger partial charge in [0.05, 0.1) is 12.2 Å². The van der Waals surface area contributed by atoms with Crippen LogP contribution in [0.4, 0.5) is 0 Å². The van der Waals surface area contributed by atoms with Crippen molar-refractivity contribution in [2.45, 2.75) is 425 Å². The van der Waals surface area contributed by atoms with Crippen LogP contribution in [0, 0.1) is 0 Å². The van der Waals surface area contributed by atoms with Crippen LogP contribution >= 0.6 is 0 Å². The summed E-state index contributed by atoms with van der Waals surface area (Å²) in [4.78, 5) is 26.9. The maximum atomic E-state index is 13.6. The first-order valence-corrected chi connectivity index (χ1v) is 38.0. The molecule has 0 saturated carbocycles. The molecule has 82 heavy (non-hydrogen) atoms. The molecule has 0 saturated heterocycles. The molecular formula is C77H146N2O3. The number of benzene rings is 1. The Hall–Kier alpha value is -2.04. The summed E-state index contributed by atoms with van der Waals surface area (Å²) in [6.07, 6.45) is 86.4. The molecule has 1 rings (SSSR count). The van der Waals surface area contributed by atoms with Gasteiger partial charge in [0.1, 0.15) is 5.75 Å². The topological polar surface area (TPSA) is 67.4 Å². The molecule has 0 unspecified atom stereocenters. The van der Waals surface area contributed by atoms with Gasteiger partial charge < -0.3 is 15.4 Å². The van der Waals surface area contributed by atoms with Crippen LogP contribution in [0.1, 0.15) is 446 Å². The van der Waals surface area contributed by atoms with Gasteiger partial charge in [-0.2, -0.15) is 0 Å². The third-order valence-electron chi connectivity index (χ3n) is 18.1. The van der Waals surface area contributed by atoms with E-state index in [4.69, 9.17) is 4.74 Å². The Balaban J connectivity index is 2.26. The molecule has 2 N–H and O–H groups in total. The van der Waals surface area contributed by atoms with Gasteiger partial charge in [0.25, 0.3) is 11.8 Å². The number of unbranched alkanes of at least 4 members (excludes halogenated alkanes) is 60. The van der Waals surface area contributed by atoms with Crippen LogP contribution in [0.15, 0.2) is 18.2 Å². The van der Waals surface area contributed by atoms with Gasteiger partial charge in [0.2, 0.25) is 0 Å². The molecule has 1 aromatic carbocycles. The number of nitrogens with one attached hydrogen (secondary N) is 2. The molecule has 0 radical (unpaired) electrons. The van der Waals surface area contributed by atoms with Gasteiger partial charge in [0, 0.05) is 18.7 Å². The van der Waals surface area contributed by atoms with E-state index in [0.717, 1.165) is 38.5 Å². The van der Waals surface area contributed by atoms with Gasteiger partial charge in [-0.3, -0.25) is 9.59 Å². The number of hydrogen-bond donors (Lipinski definition) is 2. The lowest BCUT2D eigenvalue weighted by Crippen LogP contribution is -2.26. The third-order valence-corrected chi connectivity index (χ3v) is 18.1. The minimum Gasteiger partial charge on any atom is -0.493 e. The number of hydrogen-bond acceptors (Lipinski definition) is 3. The summed E-state index contributed by atoms with van der Waals surface area (Å²) >= 11 is 0. The summed E-state index contributed by atoms with van der Waals surface area (Å²) in [7, 11) is 0. The SMILES string of the molecule is CCCCCCCCCCCCCCCCCCCCCCCCCCNC(=O)c1ccc(C(=O)NCCCCCCCCCCCCCCCCCCCCCCCCCC)c(OCCCCCCCCCCCCCCCCC)c1. The van der Waals surface area contributed by atoms with E-state index in [9.17, 15) is 9.59 Å². The largest absolute Gasteiger partial charge is 0.493 e. The van der Waals surface area contributed by atoms with Gasteiger partial charge in [-0.25, -0.2) is 0 Å². The van der Waals surface area contributed by atoms with E-state index in [1.807, 2.05) is 18.2 Å². The predicted molar refractivity (Wildman–Crippen MR) is 364 cm³/mol. The quantitative estimate of drug-likeness (QED) is 0.0639. The summed E-state index contributed by atoms with van der Waals surface area (Å²) in [6.45, 7) is 8.84. The normalized spacial score (nSPS) is 11.5. The van der Waals surface area contributed by atoms with Crippen molar-refractivity contribution in [3.8, 4) is 5.75 Å². The fourth-order valence-corrected chi connectivity index (χ4v) is 12.4. The number of rotatable bonds is 69. The highest BCUT2D eigenvalue weighted by Crippen LogP contribution is 2.24. The average Bonchev–Trinajstić information content (AvgIpc) is 3.50. The Morgan fingerprint density at radius 2 is 0.476 bits per heavy atom. The molecule has 5 heteroatoms. The van der Waals surface area contributed by atoms with E-state index in [1.165, 1.54) is 366 Å². The molecule has 0 aliphatic carbocycles. The fraction of sp³-hybridized carbons (Fsp3) is 0.896. The number of ether oxygens (including phenoxy) is 1. The van der Waals surface area contributed by atoms with E-state index in [-0.39, 0.29) is 11.8 Å². The summed E-state index contributed by atoms with van der Waals surface area (Å²) in [5, 5.41) is 6.35. The van der Waals surface area contributed by atoms with Crippen LogP contribution < -0.4 is 15.4 Å². The molecule has 482 valence electrons. The zero-order chi connectivity index (χ0) is 58.8. The lowest BCUT2D eigenvalue weighted by molar-refractivity contribution is 0.0937. The highest BCUT2D eigenvalue weighted by atomic mass is 16.5. The van der Waals surface area contributed by atoms with E-state index in [1.54, 1.807) is 0 Å². The zero-order valence-electron chi connectivity index (χ0n) is 56.1. The monoisotopic (exact) mass is 1150 g/mol. The second-order valence-electron chi connectivity index (χ2n) is 26.3. The summed E-state index contributed by atoms with van der Waals surface area (Å²) in [6, 6.07) is 5.44. The molecular weight excluding hydrogens is 1000 g/mol. The van der Waals surface area contributed by atoms with Crippen molar-refractivity contribution in [2.24, 2.45) is 0 Å². The van der Waals surface area contributed by atoms with Gasteiger partial charge in [-0.1, -0.05) is 406 Å². The van der Waals surface area contributed by atoms with Crippen molar-refractivity contribution >= 4 is 11.8 Å². The fourth-order valence-electron chi connectivity index (χ4n) is 12.4. The summed E-state index contributed by atoms with van der Waals surface area (Å²) < 4.78 is 6.34. The standard InChI is InChI=1S/C77H146N2O3/c1-4-7-10-13-16-19-22-25-28-30-32-34-36-38-40-42-44-46-49-52-55-58-61-64-69-78-76(80)73-67-68-74(75(72-73)82-71-66-63-60-57-54-51-48-27-24-21-18-15-12-9-6-3)77(81)79-70-65-62-59-56-53-50-47-45-43-41-39-37-35-33-31-29-26-23-20-17-14-11-8-5-2/h67-68,72H,4-66,69-71H2,1-3H3,(H,78,80)(H,79,81). The first-order valence-electron chi connectivity index (χ1n) is 38.0. The molecule has 0 bridgehead atoms. The molecule has 0 heterocycles. The zero-order valence-corrected chi connectivity index (χ0v) is 56.1. The molecule has 2 amide bonds. The molecule has 5 nitrogen and oxygen atoms in total. The highest BCUT2D eigenvalue weighted by Gasteiger charge is 2.16. The molecule has 0 fully saturated rings. The second kappa shape index (κ2) is 66.5. The lowest BCUT2D eigenvalue weighted by Gasteiger charge is -2.14. The summed E-state index contributed by atoms with van der Waals surface area (Å²) in [5.41, 5.74) is 1.13. The Morgan fingerprint density at radius 3 is 0.720 bits per heavy atom. The van der Waals surface area contributed by atoms with Crippen LogP contribution in [0.5, 0.6) is 5.75 Å². The first kappa shape index (κ1) is 78.0. The highest BCUT2D eigenvalue weighted by molar-refractivity contribution is 6.00. The Bertz CT molecular complexity index is 1430. The predicted octanol–water partition coefficient (Wildman–Crippen LogP) is 26.2. The number of amides is 2. The van der Waals surface area contributed by atoms with Crippen LogP contribution in [-0.4, -0.2) is 31.5 Å². The molecule has 0 spiro atoms. The van der Waals surface area contributed by atoms with E-state index >= 15 is 0 Å². The summed E-state index contributed by atoms with van der Waals surface area (Å²) in [5.74, 6) is 0.385. The lowest BCUT2D eigenvalue weighted by atomic mass is 10.0.